The maximum absolute atomic E-state index is 12.6. The van der Waals surface area contributed by atoms with Crippen LogP contribution in [0, 0.1) is 0 Å². The van der Waals surface area contributed by atoms with Crippen molar-refractivity contribution >= 4 is 18.0 Å². The first kappa shape index (κ1) is 23.2. The van der Waals surface area contributed by atoms with Crippen molar-refractivity contribution in [2.24, 2.45) is 0 Å². The number of hydrogen-bond acceptors (Lipinski definition) is 7. The van der Waals surface area contributed by atoms with Gasteiger partial charge < -0.3 is 29.6 Å². The number of nitrogens with one attached hydrogen (secondary N) is 2. The molecule has 0 unspecified atom stereocenters. The molecule has 2 amide bonds. The summed E-state index contributed by atoms with van der Waals surface area (Å²) in [7, 11) is 1.54. The molecule has 0 saturated heterocycles. The highest BCUT2D eigenvalue weighted by molar-refractivity contribution is 5.95. The normalized spacial score (nSPS) is 15.9. The quantitative estimate of drug-likeness (QED) is 0.559. The van der Waals surface area contributed by atoms with Gasteiger partial charge in [-0.1, -0.05) is 6.92 Å². The Balaban J connectivity index is 2.21. The molecule has 0 saturated carbocycles. The second-order valence-electron chi connectivity index (χ2n) is 6.41. The third kappa shape index (κ3) is 5.73. The lowest BCUT2D eigenvalue weighted by molar-refractivity contribution is -0.139. The van der Waals surface area contributed by atoms with Gasteiger partial charge in [0.15, 0.2) is 0 Å². The summed E-state index contributed by atoms with van der Waals surface area (Å²) < 4.78 is 21.2. The summed E-state index contributed by atoms with van der Waals surface area (Å²) in [5.41, 5.74) is 1.47. The monoisotopic (exact) mass is 420 g/mol. The van der Waals surface area contributed by atoms with E-state index in [4.69, 9.17) is 18.9 Å². The van der Waals surface area contributed by atoms with Crippen LogP contribution in [0.2, 0.25) is 0 Å². The van der Waals surface area contributed by atoms with Crippen LogP contribution < -0.4 is 15.4 Å². The van der Waals surface area contributed by atoms with Crippen molar-refractivity contribution in [1.82, 2.24) is 10.6 Å². The Hall–Kier alpha value is -3.07. The van der Waals surface area contributed by atoms with E-state index < -0.39 is 24.0 Å². The van der Waals surface area contributed by atoms with E-state index in [0.717, 1.165) is 0 Å². The SMILES string of the molecule is CCOCc1cc(C(=O)OCC2=C(C(=O)OCC)[C@H](CC)NC(=O)N2)ccc1OC. The van der Waals surface area contributed by atoms with Crippen LogP contribution in [-0.4, -0.2) is 50.9 Å². The van der Waals surface area contributed by atoms with Crippen LogP contribution >= 0.6 is 0 Å². The van der Waals surface area contributed by atoms with Crippen molar-refractivity contribution in [2.75, 3.05) is 26.9 Å². The summed E-state index contributed by atoms with van der Waals surface area (Å²) in [4.78, 5) is 36.9. The van der Waals surface area contributed by atoms with Gasteiger partial charge in [-0.05, 0) is 38.5 Å². The fourth-order valence-electron chi connectivity index (χ4n) is 3.03. The van der Waals surface area contributed by atoms with Crippen LogP contribution in [0.5, 0.6) is 5.75 Å². The standard InChI is InChI=1S/C21H28N2O7/c1-5-15-18(20(25)29-7-3)16(23-21(26)22-15)12-30-19(24)13-8-9-17(27-4)14(10-13)11-28-6-2/h8-10,15H,5-7,11-12H2,1-4H3,(H2,22,23,26)/t15-/m0/s1. The largest absolute Gasteiger partial charge is 0.496 e. The molecule has 2 rings (SSSR count). The molecule has 1 aromatic carbocycles. The summed E-state index contributed by atoms with van der Waals surface area (Å²) >= 11 is 0. The van der Waals surface area contributed by atoms with E-state index in [1.807, 2.05) is 13.8 Å². The third-order valence-electron chi connectivity index (χ3n) is 4.47. The van der Waals surface area contributed by atoms with Crippen LogP contribution in [0.3, 0.4) is 0 Å². The summed E-state index contributed by atoms with van der Waals surface area (Å²) in [5.74, 6) is -0.568. The number of methoxy groups -OCH3 is 1. The predicted octanol–water partition coefficient (Wildman–Crippen LogP) is 2.30. The predicted molar refractivity (Wildman–Crippen MR) is 108 cm³/mol. The van der Waals surface area contributed by atoms with Gasteiger partial charge in [-0.2, -0.15) is 0 Å². The van der Waals surface area contributed by atoms with Crippen LogP contribution in [0.4, 0.5) is 4.79 Å². The molecule has 0 aliphatic carbocycles. The Kier molecular flexibility index (Phi) is 8.67. The molecule has 2 N–H and O–H groups in total. The lowest BCUT2D eigenvalue weighted by atomic mass is 10.0. The zero-order chi connectivity index (χ0) is 22.1. The summed E-state index contributed by atoms with van der Waals surface area (Å²) in [6.45, 7) is 6.12. The van der Waals surface area contributed by atoms with E-state index in [1.165, 1.54) is 7.11 Å². The number of esters is 2. The smallest absolute Gasteiger partial charge is 0.338 e. The molecule has 1 aromatic rings. The average molecular weight is 420 g/mol. The number of rotatable bonds is 10. The number of amides is 2. The van der Waals surface area contributed by atoms with Crippen LogP contribution in [0.25, 0.3) is 0 Å². The van der Waals surface area contributed by atoms with E-state index in [0.29, 0.717) is 36.5 Å². The number of carbonyl (C=O) groups excluding carboxylic acids is 3. The highest BCUT2D eigenvalue weighted by Gasteiger charge is 2.32. The van der Waals surface area contributed by atoms with Crippen LogP contribution in [-0.2, 0) is 25.6 Å². The van der Waals surface area contributed by atoms with Gasteiger partial charge in [0, 0.05) is 12.2 Å². The van der Waals surface area contributed by atoms with Gasteiger partial charge in [0.2, 0.25) is 0 Å². The van der Waals surface area contributed by atoms with Crippen molar-refractivity contribution in [3.05, 3.63) is 40.6 Å². The summed E-state index contributed by atoms with van der Waals surface area (Å²) in [5, 5.41) is 5.21. The van der Waals surface area contributed by atoms with Crippen molar-refractivity contribution in [1.29, 1.82) is 0 Å². The Morgan fingerprint density at radius 1 is 1.03 bits per heavy atom. The first-order chi connectivity index (χ1) is 14.4. The van der Waals surface area contributed by atoms with E-state index in [1.54, 1.807) is 25.1 Å². The van der Waals surface area contributed by atoms with Crippen molar-refractivity contribution in [3.63, 3.8) is 0 Å². The summed E-state index contributed by atoms with van der Waals surface area (Å²) in [6.07, 6.45) is 0.484. The van der Waals surface area contributed by atoms with Gasteiger partial charge in [0.05, 0.1) is 43.2 Å². The van der Waals surface area contributed by atoms with E-state index in [9.17, 15) is 14.4 Å². The van der Waals surface area contributed by atoms with Gasteiger partial charge in [-0.3, -0.25) is 0 Å². The second kappa shape index (κ2) is 11.2. The maximum atomic E-state index is 12.6. The molecule has 0 aromatic heterocycles. The number of urea groups is 1. The van der Waals surface area contributed by atoms with Crippen molar-refractivity contribution in [2.45, 2.75) is 39.8 Å². The topological polar surface area (TPSA) is 112 Å². The lowest BCUT2D eigenvalue weighted by Crippen LogP contribution is -2.51. The summed E-state index contributed by atoms with van der Waals surface area (Å²) in [6, 6.07) is 3.88. The Morgan fingerprint density at radius 3 is 2.43 bits per heavy atom. The van der Waals surface area contributed by atoms with Gasteiger partial charge in [-0.15, -0.1) is 0 Å². The molecule has 0 bridgehead atoms. The molecular weight excluding hydrogens is 392 g/mol. The minimum absolute atomic E-state index is 0.189. The van der Waals surface area contributed by atoms with Crippen molar-refractivity contribution in [3.8, 4) is 5.75 Å². The third-order valence-corrected chi connectivity index (χ3v) is 4.47. The molecule has 1 atom stereocenters. The fourth-order valence-corrected chi connectivity index (χ4v) is 3.03. The van der Waals surface area contributed by atoms with E-state index in [2.05, 4.69) is 10.6 Å². The van der Waals surface area contributed by atoms with Gasteiger partial charge >= 0.3 is 18.0 Å². The highest BCUT2D eigenvalue weighted by atomic mass is 16.5. The minimum Gasteiger partial charge on any atom is -0.496 e. The average Bonchev–Trinajstić information content (AvgIpc) is 2.75. The Morgan fingerprint density at radius 2 is 1.80 bits per heavy atom. The molecule has 1 aliphatic heterocycles. The minimum atomic E-state index is -0.605. The Bertz CT molecular complexity index is 820. The second-order valence-corrected chi connectivity index (χ2v) is 6.41. The number of carbonyl (C=O) groups is 3. The first-order valence-electron chi connectivity index (χ1n) is 9.84. The Labute approximate surface area is 175 Å². The molecule has 0 spiro atoms. The molecule has 0 radical (unpaired) electrons. The fraction of sp³-hybridized carbons (Fsp3) is 0.476. The molecule has 1 heterocycles. The molecule has 30 heavy (non-hydrogen) atoms. The maximum Gasteiger partial charge on any atom is 0.338 e. The number of hydrogen-bond donors (Lipinski definition) is 2. The molecule has 9 heteroatoms. The molecule has 0 fully saturated rings. The van der Waals surface area contributed by atoms with E-state index >= 15 is 0 Å². The molecule has 9 nitrogen and oxygen atoms in total. The molecule has 1 aliphatic rings. The van der Waals surface area contributed by atoms with Crippen LogP contribution in [0.1, 0.15) is 43.1 Å². The highest BCUT2D eigenvalue weighted by Crippen LogP contribution is 2.22. The van der Waals surface area contributed by atoms with Gasteiger partial charge in [-0.25, -0.2) is 14.4 Å². The molecule has 164 valence electrons. The first-order valence-corrected chi connectivity index (χ1v) is 9.84. The van der Waals surface area contributed by atoms with Gasteiger partial charge in [0.25, 0.3) is 0 Å². The molecular formula is C21H28N2O7. The lowest BCUT2D eigenvalue weighted by Gasteiger charge is -2.28. The van der Waals surface area contributed by atoms with E-state index in [-0.39, 0.29) is 24.5 Å². The number of benzene rings is 1. The zero-order valence-electron chi connectivity index (χ0n) is 17.7. The number of ether oxygens (including phenoxy) is 4. The van der Waals surface area contributed by atoms with Crippen molar-refractivity contribution < 1.29 is 33.3 Å². The van der Waals surface area contributed by atoms with Gasteiger partial charge in [0.1, 0.15) is 12.4 Å². The zero-order valence-corrected chi connectivity index (χ0v) is 17.7. The van der Waals surface area contributed by atoms with Crippen LogP contribution in [0.15, 0.2) is 29.5 Å².